The van der Waals surface area contributed by atoms with E-state index < -0.39 is 11.7 Å². The number of hydrogen-bond donors (Lipinski definition) is 0. The van der Waals surface area contributed by atoms with Crippen LogP contribution in [-0.2, 0) is 4.79 Å². The van der Waals surface area contributed by atoms with Crippen LogP contribution in [0.1, 0.15) is 30.1 Å². The van der Waals surface area contributed by atoms with Crippen molar-refractivity contribution in [1.82, 2.24) is 9.80 Å². The fraction of sp³-hybridized carbons (Fsp3) is 0.467. The van der Waals surface area contributed by atoms with Gasteiger partial charge < -0.3 is 9.80 Å². The summed E-state index contributed by atoms with van der Waals surface area (Å²) < 4.78 is 13.8. The Morgan fingerprint density at radius 2 is 1.81 bits per heavy atom. The van der Waals surface area contributed by atoms with Crippen LogP contribution in [0.3, 0.4) is 0 Å². The molecule has 0 aliphatic carbocycles. The third-order valence-electron chi connectivity index (χ3n) is 3.56. The molecule has 114 valence electrons. The van der Waals surface area contributed by atoms with Gasteiger partial charge in [0.15, 0.2) is 0 Å². The Morgan fingerprint density at radius 1 is 1.19 bits per heavy atom. The van der Waals surface area contributed by atoms with Crippen LogP contribution in [0.25, 0.3) is 0 Å². The first-order chi connectivity index (χ1) is 10.0. The Bertz CT molecular complexity index is 522. The van der Waals surface area contributed by atoms with Crippen LogP contribution in [0, 0.1) is 5.82 Å². The lowest BCUT2D eigenvalue weighted by atomic mass is 10.1. The fourth-order valence-corrected chi connectivity index (χ4v) is 2.64. The smallest absolute Gasteiger partial charge is 0.258 e. The third-order valence-corrected chi connectivity index (χ3v) is 3.88. The van der Waals surface area contributed by atoms with Gasteiger partial charge in [-0.15, -0.1) is 0 Å². The number of amides is 2. The molecule has 0 atom stereocenters. The van der Waals surface area contributed by atoms with Gasteiger partial charge in [0, 0.05) is 32.6 Å². The third kappa shape index (κ3) is 3.53. The van der Waals surface area contributed by atoms with E-state index in [9.17, 15) is 14.0 Å². The van der Waals surface area contributed by atoms with Crippen molar-refractivity contribution in [3.63, 3.8) is 0 Å². The van der Waals surface area contributed by atoms with Gasteiger partial charge in [0.05, 0.1) is 10.6 Å². The molecule has 0 radical (unpaired) electrons. The average molecular weight is 313 g/mol. The van der Waals surface area contributed by atoms with Crippen molar-refractivity contribution in [2.75, 3.05) is 26.2 Å². The van der Waals surface area contributed by atoms with E-state index in [1.54, 1.807) is 9.80 Å². The second-order valence-corrected chi connectivity index (χ2v) is 5.43. The van der Waals surface area contributed by atoms with Crippen molar-refractivity contribution < 1.29 is 14.0 Å². The van der Waals surface area contributed by atoms with E-state index in [0.29, 0.717) is 32.6 Å². The van der Waals surface area contributed by atoms with Crippen molar-refractivity contribution in [2.24, 2.45) is 0 Å². The summed E-state index contributed by atoms with van der Waals surface area (Å²) in [6.45, 7) is 3.73. The molecule has 1 heterocycles. The molecule has 1 fully saturated rings. The van der Waals surface area contributed by atoms with Crippen molar-refractivity contribution in [1.29, 1.82) is 0 Å². The number of carbonyl (C=O) groups is 2. The van der Waals surface area contributed by atoms with Crippen LogP contribution < -0.4 is 0 Å². The molecule has 0 saturated carbocycles. The van der Waals surface area contributed by atoms with E-state index in [2.05, 4.69) is 0 Å². The molecule has 0 spiro atoms. The van der Waals surface area contributed by atoms with Gasteiger partial charge in [0.25, 0.3) is 5.91 Å². The fourth-order valence-electron chi connectivity index (χ4n) is 2.39. The van der Waals surface area contributed by atoms with Gasteiger partial charge in [-0.25, -0.2) is 4.39 Å². The summed E-state index contributed by atoms with van der Waals surface area (Å²) in [7, 11) is 0. The summed E-state index contributed by atoms with van der Waals surface area (Å²) in [5, 5.41) is 0.115. The second kappa shape index (κ2) is 6.89. The molecular formula is C15H18ClFN2O2. The lowest BCUT2D eigenvalue weighted by Crippen LogP contribution is -2.50. The van der Waals surface area contributed by atoms with E-state index in [-0.39, 0.29) is 16.5 Å². The normalized spacial score (nSPS) is 15.2. The number of carbonyl (C=O) groups excluding carboxylic acids is 2. The standard InChI is InChI=1S/C15H18ClFN2O2/c1-2-4-13(20)18-7-9-19(10-8-18)15(21)14-11(16)5-3-6-12(14)17/h3,5-6H,2,4,7-10H2,1H3. The van der Waals surface area contributed by atoms with Gasteiger partial charge in [-0.3, -0.25) is 9.59 Å². The molecule has 1 aliphatic heterocycles. The van der Waals surface area contributed by atoms with Crippen LogP contribution >= 0.6 is 11.6 Å². The Labute approximate surface area is 128 Å². The Hall–Kier alpha value is -1.62. The van der Waals surface area contributed by atoms with Crippen molar-refractivity contribution >= 4 is 23.4 Å². The maximum absolute atomic E-state index is 13.8. The van der Waals surface area contributed by atoms with Crippen LogP contribution in [0.2, 0.25) is 5.02 Å². The van der Waals surface area contributed by atoms with Crippen LogP contribution in [0.5, 0.6) is 0 Å². The summed E-state index contributed by atoms with van der Waals surface area (Å²) in [6, 6.07) is 4.19. The van der Waals surface area contributed by atoms with Crippen LogP contribution in [-0.4, -0.2) is 47.8 Å². The molecular weight excluding hydrogens is 295 g/mol. The minimum absolute atomic E-state index is 0.0903. The molecule has 1 saturated heterocycles. The average Bonchev–Trinajstić information content (AvgIpc) is 2.47. The van der Waals surface area contributed by atoms with Gasteiger partial charge in [-0.1, -0.05) is 24.6 Å². The van der Waals surface area contributed by atoms with Crippen molar-refractivity contribution in [3.05, 3.63) is 34.6 Å². The molecule has 1 aromatic rings. The summed E-state index contributed by atoms with van der Waals surface area (Å²) in [5.41, 5.74) is -0.0903. The Morgan fingerprint density at radius 3 is 2.38 bits per heavy atom. The molecule has 0 bridgehead atoms. The molecule has 6 heteroatoms. The molecule has 2 amide bonds. The zero-order valence-electron chi connectivity index (χ0n) is 11.9. The number of nitrogens with zero attached hydrogens (tertiary/aromatic N) is 2. The number of benzene rings is 1. The van der Waals surface area contributed by atoms with Gasteiger partial charge >= 0.3 is 0 Å². The summed E-state index contributed by atoms with van der Waals surface area (Å²) in [4.78, 5) is 27.4. The van der Waals surface area contributed by atoms with Crippen LogP contribution in [0.15, 0.2) is 18.2 Å². The molecule has 2 rings (SSSR count). The number of rotatable bonds is 3. The minimum Gasteiger partial charge on any atom is -0.339 e. The van der Waals surface area contributed by atoms with E-state index >= 15 is 0 Å². The van der Waals surface area contributed by atoms with Gasteiger partial charge in [-0.05, 0) is 18.6 Å². The molecule has 1 aromatic carbocycles. The van der Waals surface area contributed by atoms with Gasteiger partial charge in [0.2, 0.25) is 5.91 Å². The number of halogens is 2. The lowest BCUT2D eigenvalue weighted by molar-refractivity contribution is -0.132. The highest BCUT2D eigenvalue weighted by molar-refractivity contribution is 6.33. The predicted octanol–water partition coefficient (Wildman–Crippen LogP) is 2.56. The second-order valence-electron chi connectivity index (χ2n) is 5.02. The van der Waals surface area contributed by atoms with E-state index in [1.807, 2.05) is 6.92 Å². The maximum Gasteiger partial charge on any atom is 0.258 e. The first-order valence-electron chi connectivity index (χ1n) is 7.05. The van der Waals surface area contributed by atoms with E-state index in [0.717, 1.165) is 6.42 Å². The first-order valence-corrected chi connectivity index (χ1v) is 7.43. The molecule has 0 aromatic heterocycles. The highest BCUT2D eigenvalue weighted by Crippen LogP contribution is 2.21. The molecule has 0 unspecified atom stereocenters. The zero-order chi connectivity index (χ0) is 15.4. The van der Waals surface area contributed by atoms with Crippen molar-refractivity contribution in [3.8, 4) is 0 Å². The highest BCUT2D eigenvalue weighted by Gasteiger charge is 2.27. The van der Waals surface area contributed by atoms with Crippen LogP contribution in [0.4, 0.5) is 4.39 Å². The topological polar surface area (TPSA) is 40.6 Å². The zero-order valence-corrected chi connectivity index (χ0v) is 12.7. The summed E-state index contributed by atoms with van der Waals surface area (Å²) >= 11 is 5.91. The van der Waals surface area contributed by atoms with Crippen molar-refractivity contribution in [2.45, 2.75) is 19.8 Å². The SMILES string of the molecule is CCCC(=O)N1CCN(C(=O)c2c(F)cccc2Cl)CC1. The highest BCUT2D eigenvalue weighted by atomic mass is 35.5. The number of hydrogen-bond acceptors (Lipinski definition) is 2. The predicted molar refractivity (Wildman–Crippen MR) is 78.8 cm³/mol. The van der Waals surface area contributed by atoms with Gasteiger partial charge in [-0.2, -0.15) is 0 Å². The monoisotopic (exact) mass is 312 g/mol. The Balaban J connectivity index is 2.02. The van der Waals surface area contributed by atoms with E-state index in [1.165, 1.54) is 18.2 Å². The lowest BCUT2D eigenvalue weighted by Gasteiger charge is -2.35. The molecule has 0 N–H and O–H groups in total. The number of piperazine rings is 1. The van der Waals surface area contributed by atoms with E-state index in [4.69, 9.17) is 11.6 Å². The molecule has 4 nitrogen and oxygen atoms in total. The molecule has 21 heavy (non-hydrogen) atoms. The first kappa shape index (κ1) is 15.8. The summed E-state index contributed by atoms with van der Waals surface area (Å²) in [6.07, 6.45) is 1.33. The largest absolute Gasteiger partial charge is 0.339 e. The Kier molecular flexibility index (Phi) is 5.17. The molecule has 1 aliphatic rings. The maximum atomic E-state index is 13.8. The van der Waals surface area contributed by atoms with Gasteiger partial charge in [0.1, 0.15) is 5.82 Å². The summed E-state index contributed by atoms with van der Waals surface area (Å²) in [5.74, 6) is -0.925. The quantitative estimate of drug-likeness (QED) is 0.860. The minimum atomic E-state index is -0.614.